The molecule has 2 aromatic carbocycles. The Bertz CT molecular complexity index is 604. The molecule has 2 N–H and O–H groups in total. The third-order valence-corrected chi connectivity index (χ3v) is 3.28. The number of carbonyl (C=O) groups is 1. The highest BCUT2D eigenvalue weighted by molar-refractivity contribution is 6.39. The number of nitrogen functional groups attached to an aromatic ring is 1. The van der Waals surface area contributed by atoms with Gasteiger partial charge in [-0.15, -0.1) is 0 Å². The zero-order chi connectivity index (χ0) is 10.6. The molecule has 3 heteroatoms. The monoisotopic (exact) mass is 217 g/mol. The predicted molar refractivity (Wildman–Crippen MR) is 61.4 cm³/mol. The van der Waals surface area contributed by atoms with E-state index in [1.54, 1.807) is 6.07 Å². The minimum atomic E-state index is 0.129. The Kier molecular flexibility index (Phi) is 1.59. The minimum Gasteiger partial charge on any atom is -0.397 e. The standard InChI is InChI=1S/C12H8ClNO/c13-12-7-3-1-2-6-4-10(15)8(11(6)7)5-9(12)14/h1-3,5H,4,14H2. The smallest absolute Gasteiger partial charge is 0.167 e. The van der Waals surface area contributed by atoms with Crippen LogP contribution < -0.4 is 5.73 Å². The number of benzene rings is 2. The number of Topliss-reactive ketones (excluding diaryl/α,β-unsaturated/α-hetero) is 1. The van der Waals surface area contributed by atoms with Crippen molar-refractivity contribution >= 4 is 33.8 Å². The van der Waals surface area contributed by atoms with Crippen LogP contribution in [0.5, 0.6) is 0 Å². The number of hydrogen-bond donors (Lipinski definition) is 1. The van der Waals surface area contributed by atoms with Crippen molar-refractivity contribution in [3.63, 3.8) is 0 Å². The maximum absolute atomic E-state index is 11.7. The van der Waals surface area contributed by atoms with Gasteiger partial charge >= 0.3 is 0 Å². The molecular formula is C12H8ClNO. The van der Waals surface area contributed by atoms with Crippen molar-refractivity contribution in [2.75, 3.05) is 5.73 Å². The van der Waals surface area contributed by atoms with E-state index in [1.165, 1.54) is 0 Å². The lowest BCUT2D eigenvalue weighted by atomic mass is 10.0. The molecule has 0 spiro atoms. The molecule has 0 radical (unpaired) electrons. The first-order valence-electron chi connectivity index (χ1n) is 4.71. The quantitative estimate of drug-likeness (QED) is 0.690. The molecule has 1 aliphatic rings. The van der Waals surface area contributed by atoms with Crippen molar-refractivity contribution in [3.05, 3.63) is 40.4 Å². The van der Waals surface area contributed by atoms with E-state index < -0.39 is 0 Å². The Hall–Kier alpha value is -1.54. The summed E-state index contributed by atoms with van der Waals surface area (Å²) in [5.41, 5.74) is 8.00. The lowest BCUT2D eigenvalue weighted by Crippen LogP contribution is -1.96. The molecular weight excluding hydrogens is 210 g/mol. The topological polar surface area (TPSA) is 43.1 Å². The van der Waals surface area contributed by atoms with Crippen molar-refractivity contribution < 1.29 is 4.79 Å². The van der Waals surface area contributed by atoms with Gasteiger partial charge in [-0.05, 0) is 17.0 Å². The number of carbonyl (C=O) groups excluding carboxylic acids is 1. The van der Waals surface area contributed by atoms with E-state index in [0.717, 1.165) is 16.3 Å². The molecule has 0 unspecified atom stereocenters. The Morgan fingerprint density at radius 1 is 1.33 bits per heavy atom. The lowest BCUT2D eigenvalue weighted by Gasteiger charge is -2.05. The summed E-state index contributed by atoms with van der Waals surface area (Å²) in [6, 6.07) is 7.46. The second-order valence-electron chi connectivity index (χ2n) is 3.77. The van der Waals surface area contributed by atoms with Gasteiger partial charge in [-0.2, -0.15) is 0 Å². The van der Waals surface area contributed by atoms with Crippen molar-refractivity contribution in [2.24, 2.45) is 0 Å². The van der Waals surface area contributed by atoms with Crippen LogP contribution in [-0.4, -0.2) is 5.78 Å². The summed E-state index contributed by atoms with van der Waals surface area (Å²) in [5, 5.41) is 2.40. The van der Waals surface area contributed by atoms with E-state index in [2.05, 4.69) is 0 Å². The van der Waals surface area contributed by atoms with E-state index in [0.29, 0.717) is 22.7 Å². The summed E-state index contributed by atoms with van der Waals surface area (Å²) < 4.78 is 0. The number of ketones is 1. The van der Waals surface area contributed by atoms with Gasteiger partial charge in [-0.3, -0.25) is 4.79 Å². The third-order valence-electron chi connectivity index (χ3n) is 2.86. The van der Waals surface area contributed by atoms with Crippen molar-refractivity contribution in [3.8, 4) is 0 Å². The molecule has 0 heterocycles. The number of anilines is 1. The molecule has 15 heavy (non-hydrogen) atoms. The highest BCUT2D eigenvalue weighted by Gasteiger charge is 2.23. The van der Waals surface area contributed by atoms with Gasteiger partial charge in [0.2, 0.25) is 0 Å². The van der Waals surface area contributed by atoms with Crippen LogP contribution in [0.25, 0.3) is 10.8 Å². The predicted octanol–water partition coefficient (Wildman–Crippen LogP) is 2.81. The first-order valence-corrected chi connectivity index (χ1v) is 5.09. The van der Waals surface area contributed by atoms with Crippen LogP contribution in [0, 0.1) is 0 Å². The maximum atomic E-state index is 11.7. The average Bonchev–Trinajstić information content (AvgIpc) is 2.53. The molecule has 0 aliphatic heterocycles. The summed E-state index contributed by atoms with van der Waals surface area (Å²) >= 11 is 6.11. The number of nitrogens with two attached hydrogens (primary N) is 1. The van der Waals surface area contributed by atoms with E-state index >= 15 is 0 Å². The third kappa shape index (κ3) is 1.03. The molecule has 74 valence electrons. The molecule has 0 amide bonds. The molecule has 3 rings (SSSR count). The van der Waals surface area contributed by atoms with Gasteiger partial charge in [0.15, 0.2) is 5.78 Å². The summed E-state index contributed by atoms with van der Waals surface area (Å²) in [7, 11) is 0. The van der Waals surface area contributed by atoms with Gasteiger partial charge in [0.25, 0.3) is 0 Å². The van der Waals surface area contributed by atoms with E-state index in [9.17, 15) is 4.79 Å². The van der Waals surface area contributed by atoms with Crippen molar-refractivity contribution in [1.82, 2.24) is 0 Å². The molecule has 2 aromatic rings. The fourth-order valence-electron chi connectivity index (χ4n) is 2.18. The van der Waals surface area contributed by atoms with Gasteiger partial charge in [0.05, 0.1) is 10.7 Å². The largest absolute Gasteiger partial charge is 0.397 e. The van der Waals surface area contributed by atoms with Gasteiger partial charge < -0.3 is 5.73 Å². The van der Waals surface area contributed by atoms with Crippen LogP contribution in [0.1, 0.15) is 15.9 Å². The van der Waals surface area contributed by atoms with Gasteiger partial charge in [0, 0.05) is 17.4 Å². The summed E-state index contributed by atoms with van der Waals surface area (Å²) in [6.07, 6.45) is 0.465. The van der Waals surface area contributed by atoms with Crippen LogP contribution in [0.2, 0.25) is 5.02 Å². The Morgan fingerprint density at radius 2 is 2.13 bits per heavy atom. The lowest BCUT2D eigenvalue weighted by molar-refractivity contribution is 0.1000. The summed E-state index contributed by atoms with van der Waals surface area (Å²) in [4.78, 5) is 11.7. The fraction of sp³-hybridized carbons (Fsp3) is 0.0833. The molecule has 1 aliphatic carbocycles. The van der Waals surface area contributed by atoms with Crippen molar-refractivity contribution in [1.29, 1.82) is 0 Å². The first-order chi connectivity index (χ1) is 7.18. The summed E-state index contributed by atoms with van der Waals surface area (Å²) in [6.45, 7) is 0. The first kappa shape index (κ1) is 8.74. The van der Waals surface area contributed by atoms with E-state index in [4.69, 9.17) is 17.3 Å². The molecule has 0 fully saturated rings. The second-order valence-corrected chi connectivity index (χ2v) is 4.14. The normalized spacial score (nSPS) is 13.8. The van der Waals surface area contributed by atoms with Crippen LogP contribution in [0.4, 0.5) is 5.69 Å². The van der Waals surface area contributed by atoms with Gasteiger partial charge in [-0.25, -0.2) is 0 Å². The zero-order valence-corrected chi connectivity index (χ0v) is 8.64. The van der Waals surface area contributed by atoms with E-state index in [-0.39, 0.29) is 5.78 Å². The molecule has 0 bridgehead atoms. The molecule has 0 aromatic heterocycles. The molecule has 2 nitrogen and oxygen atoms in total. The van der Waals surface area contributed by atoms with Gasteiger partial charge in [0.1, 0.15) is 0 Å². The number of halogens is 1. The fourth-order valence-corrected chi connectivity index (χ4v) is 2.40. The van der Waals surface area contributed by atoms with Crippen LogP contribution >= 0.6 is 11.6 Å². The Morgan fingerprint density at radius 3 is 2.93 bits per heavy atom. The highest BCUT2D eigenvalue weighted by Crippen LogP contribution is 2.38. The Balaban J connectivity index is 2.59. The van der Waals surface area contributed by atoms with E-state index in [1.807, 2.05) is 18.2 Å². The Labute approximate surface area is 91.6 Å². The van der Waals surface area contributed by atoms with Gasteiger partial charge in [-0.1, -0.05) is 29.8 Å². The van der Waals surface area contributed by atoms with Crippen LogP contribution in [0.15, 0.2) is 24.3 Å². The van der Waals surface area contributed by atoms with Crippen LogP contribution in [0.3, 0.4) is 0 Å². The molecule has 0 atom stereocenters. The average molecular weight is 218 g/mol. The highest BCUT2D eigenvalue weighted by atomic mass is 35.5. The van der Waals surface area contributed by atoms with Crippen LogP contribution in [-0.2, 0) is 6.42 Å². The number of rotatable bonds is 0. The maximum Gasteiger partial charge on any atom is 0.167 e. The molecule has 0 saturated carbocycles. The van der Waals surface area contributed by atoms with Crippen molar-refractivity contribution in [2.45, 2.75) is 6.42 Å². The second kappa shape index (κ2) is 2.74. The molecule has 0 saturated heterocycles. The zero-order valence-electron chi connectivity index (χ0n) is 7.88. The SMILES string of the molecule is Nc1cc2c3c(cccc3c1Cl)CC2=O. The summed E-state index contributed by atoms with van der Waals surface area (Å²) in [5.74, 6) is 0.129. The number of hydrogen-bond acceptors (Lipinski definition) is 2. The minimum absolute atomic E-state index is 0.129.